The van der Waals surface area contributed by atoms with Crippen LogP contribution in [0.4, 0.5) is 10.1 Å². The molecule has 1 N–H and O–H groups in total. The van der Waals surface area contributed by atoms with Crippen LogP contribution in [-0.4, -0.2) is 25.6 Å². The third-order valence-corrected chi connectivity index (χ3v) is 5.05. The predicted molar refractivity (Wildman–Crippen MR) is 102 cm³/mol. The largest absolute Gasteiger partial charge is 0.322 e. The first-order chi connectivity index (χ1) is 13.3. The number of benzene rings is 2. The zero-order valence-corrected chi connectivity index (χ0v) is 15.5. The molecule has 0 saturated carbocycles. The van der Waals surface area contributed by atoms with E-state index in [9.17, 15) is 22.9 Å². The Labute approximate surface area is 161 Å². The van der Waals surface area contributed by atoms with Crippen molar-refractivity contribution in [1.82, 2.24) is 4.98 Å². The highest BCUT2D eigenvalue weighted by Gasteiger charge is 2.13. The van der Waals surface area contributed by atoms with Crippen molar-refractivity contribution in [3.63, 3.8) is 0 Å². The minimum atomic E-state index is -3.34. The lowest BCUT2D eigenvalue weighted by Crippen LogP contribution is -2.12. The van der Waals surface area contributed by atoms with Gasteiger partial charge in [-0.15, -0.1) is 0 Å². The van der Waals surface area contributed by atoms with E-state index in [4.69, 9.17) is 0 Å². The number of nitrogens with one attached hydrogen (secondary N) is 1. The standard InChI is InChI=1S/C20H14FN3O3S/c1-28(26,27)17-6-4-16(5-7-17)24-20(25)14-9-13(10-15(21)11-14)18-3-2-8-23-19(18)12-22/h2-11H,1H3,(H,24,25). The van der Waals surface area contributed by atoms with Crippen molar-refractivity contribution in [1.29, 1.82) is 5.26 Å². The molecule has 1 aromatic heterocycles. The molecule has 0 aliphatic carbocycles. The molecule has 3 aromatic rings. The molecule has 0 unspecified atom stereocenters. The normalized spacial score (nSPS) is 10.9. The number of rotatable bonds is 4. The Kier molecular flexibility index (Phi) is 5.20. The van der Waals surface area contributed by atoms with Gasteiger partial charge in [-0.1, -0.05) is 0 Å². The predicted octanol–water partition coefficient (Wildman–Crippen LogP) is 3.42. The molecule has 28 heavy (non-hydrogen) atoms. The summed E-state index contributed by atoms with van der Waals surface area (Å²) in [5.74, 6) is -1.21. The van der Waals surface area contributed by atoms with Gasteiger partial charge < -0.3 is 5.32 Å². The summed E-state index contributed by atoms with van der Waals surface area (Å²) >= 11 is 0. The minimum absolute atomic E-state index is 0.0509. The van der Waals surface area contributed by atoms with Crippen LogP contribution in [0.15, 0.2) is 65.7 Å². The fraction of sp³-hybridized carbons (Fsp3) is 0.0500. The van der Waals surface area contributed by atoms with E-state index in [0.29, 0.717) is 16.8 Å². The Balaban J connectivity index is 1.91. The molecule has 1 heterocycles. The van der Waals surface area contributed by atoms with E-state index in [-0.39, 0.29) is 16.2 Å². The quantitative estimate of drug-likeness (QED) is 0.730. The number of carbonyl (C=O) groups excluding carboxylic acids is 1. The Hall–Kier alpha value is -3.57. The lowest BCUT2D eigenvalue weighted by molar-refractivity contribution is 0.102. The maximum absolute atomic E-state index is 14.1. The lowest BCUT2D eigenvalue weighted by atomic mass is 10.0. The SMILES string of the molecule is CS(=O)(=O)c1ccc(NC(=O)c2cc(F)cc(-c3cccnc3C#N)c2)cc1. The first kappa shape index (κ1) is 19.2. The molecular weight excluding hydrogens is 381 g/mol. The molecule has 140 valence electrons. The number of amides is 1. The van der Waals surface area contributed by atoms with Crippen LogP contribution in [-0.2, 0) is 9.84 Å². The molecule has 3 rings (SSSR count). The number of carbonyl (C=O) groups is 1. The Bertz CT molecular complexity index is 1200. The van der Waals surface area contributed by atoms with E-state index >= 15 is 0 Å². The van der Waals surface area contributed by atoms with Gasteiger partial charge in [0, 0.05) is 29.3 Å². The number of anilines is 1. The molecule has 1 amide bonds. The number of halogens is 1. The zero-order valence-electron chi connectivity index (χ0n) is 14.7. The van der Waals surface area contributed by atoms with Gasteiger partial charge in [0.1, 0.15) is 17.6 Å². The van der Waals surface area contributed by atoms with E-state index in [2.05, 4.69) is 10.3 Å². The molecule has 6 nitrogen and oxygen atoms in total. The Morgan fingerprint density at radius 3 is 2.50 bits per heavy atom. The maximum Gasteiger partial charge on any atom is 0.255 e. The average molecular weight is 395 g/mol. The van der Waals surface area contributed by atoms with Crippen molar-refractivity contribution in [3.8, 4) is 17.2 Å². The summed E-state index contributed by atoms with van der Waals surface area (Å²) in [6.45, 7) is 0. The topological polar surface area (TPSA) is 99.9 Å². The molecule has 8 heteroatoms. The van der Waals surface area contributed by atoms with Crippen molar-refractivity contribution in [2.24, 2.45) is 0 Å². The van der Waals surface area contributed by atoms with Crippen LogP contribution >= 0.6 is 0 Å². The van der Waals surface area contributed by atoms with Gasteiger partial charge in [0.05, 0.1) is 4.90 Å². The number of nitrogens with zero attached hydrogens (tertiary/aromatic N) is 2. The molecule has 0 bridgehead atoms. The third kappa shape index (κ3) is 4.22. The number of aromatic nitrogens is 1. The van der Waals surface area contributed by atoms with Crippen molar-refractivity contribution < 1.29 is 17.6 Å². The second kappa shape index (κ2) is 7.58. The summed E-state index contributed by atoms with van der Waals surface area (Å²) < 4.78 is 37.1. The summed E-state index contributed by atoms with van der Waals surface area (Å²) in [7, 11) is -3.34. The summed E-state index contributed by atoms with van der Waals surface area (Å²) in [6.07, 6.45) is 2.54. The highest BCUT2D eigenvalue weighted by atomic mass is 32.2. The van der Waals surface area contributed by atoms with Gasteiger partial charge >= 0.3 is 0 Å². The minimum Gasteiger partial charge on any atom is -0.322 e. The van der Waals surface area contributed by atoms with Crippen molar-refractivity contribution in [2.45, 2.75) is 4.90 Å². The monoisotopic (exact) mass is 395 g/mol. The van der Waals surface area contributed by atoms with Crippen LogP contribution in [0.1, 0.15) is 16.1 Å². The summed E-state index contributed by atoms with van der Waals surface area (Å²) in [5, 5.41) is 11.8. The van der Waals surface area contributed by atoms with Gasteiger partial charge in [0.2, 0.25) is 0 Å². The molecule has 0 radical (unpaired) electrons. The van der Waals surface area contributed by atoms with Crippen molar-refractivity contribution in [2.75, 3.05) is 11.6 Å². The van der Waals surface area contributed by atoms with Crippen molar-refractivity contribution in [3.05, 3.63) is 77.9 Å². The molecule has 0 fully saturated rings. The number of sulfone groups is 1. The smallest absolute Gasteiger partial charge is 0.255 e. The van der Waals surface area contributed by atoms with E-state index in [0.717, 1.165) is 12.3 Å². The molecule has 0 saturated heterocycles. The second-order valence-electron chi connectivity index (χ2n) is 5.99. The van der Waals surface area contributed by atoms with Gasteiger partial charge in [-0.3, -0.25) is 4.79 Å². The van der Waals surface area contributed by atoms with E-state index in [1.807, 2.05) is 6.07 Å². The number of hydrogen-bond acceptors (Lipinski definition) is 5. The van der Waals surface area contributed by atoms with Gasteiger partial charge in [-0.05, 0) is 60.2 Å². The summed E-state index contributed by atoms with van der Waals surface area (Å²) in [4.78, 5) is 16.6. The lowest BCUT2D eigenvalue weighted by Gasteiger charge is -2.09. The number of nitriles is 1. The van der Waals surface area contributed by atoms with Gasteiger partial charge in [0.15, 0.2) is 9.84 Å². The van der Waals surface area contributed by atoms with Gasteiger partial charge in [-0.25, -0.2) is 17.8 Å². The molecule has 2 aromatic carbocycles. The molecule has 0 atom stereocenters. The van der Waals surface area contributed by atoms with Crippen LogP contribution in [0.3, 0.4) is 0 Å². The van der Waals surface area contributed by atoms with Crippen LogP contribution in [0.2, 0.25) is 0 Å². The highest BCUT2D eigenvalue weighted by Crippen LogP contribution is 2.25. The molecule has 0 spiro atoms. The summed E-state index contributed by atoms with van der Waals surface area (Å²) in [5.41, 5.74) is 1.30. The Morgan fingerprint density at radius 2 is 1.86 bits per heavy atom. The third-order valence-electron chi connectivity index (χ3n) is 3.92. The van der Waals surface area contributed by atoms with Gasteiger partial charge in [0.25, 0.3) is 5.91 Å². The average Bonchev–Trinajstić information content (AvgIpc) is 2.67. The van der Waals surface area contributed by atoms with Crippen molar-refractivity contribution >= 4 is 21.4 Å². The highest BCUT2D eigenvalue weighted by molar-refractivity contribution is 7.90. The number of pyridine rings is 1. The van der Waals surface area contributed by atoms with E-state index in [1.165, 1.54) is 42.6 Å². The molecular formula is C20H14FN3O3S. The fourth-order valence-electron chi connectivity index (χ4n) is 2.59. The van der Waals surface area contributed by atoms with Crippen LogP contribution in [0.5, 0.6) is 0 Å². The first-order valence-electron chi connectivity index (χ1n) is 8.05. The van der Waals surface area contributed by atoms with Crippen LogP contribution in [0, 0.1) is 17.1 Å². The van der Waals surface area contributed by atoms with E-state index in [1.54, 1.807) is 12.1 Å². The first-order valence-corrected chi connectivity index (χ1v) is 9.94. The van der Waals surface area contributed by atoms with Crippen LogP contribution < -0.4 is 5.32 Å². The zero-order chi connectivity index (χ0) is 20.3. The molecule has 0 aliphatic rings. The van der Waals surface area contributed by atoms with E-state index < -0.39 is 21.6 Å². The Morgan fingerprint density at radius 1 is 1.14 bits per heavy atom. The summed E-state index contributed by atoms with van der Waals surface area (Å²) in [6, 6.07) is 14.6. The van der Waals surface area contributed by atoms with Gasteiger partial charge in [-0.2, -0.15) is 5.26 Å². The maximum atomic E-state index is 14.1. The second-order valence-corrected chi connectivity index (χ2v) is 8.01. The molecule has 0 aliphatic heterocycles. The fourth-order valence-corrected chi connectivity index (χ4v) is 3.22. The van der Waals surface area contributed by atoms with Crippen LogP contribution in [0.25, 0.3) is 11.1 Å². The number of hydrogen-bond donors (Lipinski definition) is 1.